The summed E-state index contributed by atoms with van der Waals surface area (Å²) in [6, 6.07) is 10.5. The number of rotatable bonds is 4. The molecule has 0 unspecified atom stereocenters. The fourth-order valence-corrected chi connectivity index (χ4v) is 6.05. The molecule has 1 amide bonds. The van der Waals surface area contributed by atoms with E-state index in [0.717, 1.165) is 16.8 Å². The number of nitrogens with one attached hydrogen (secondary N) is 1. The van der Waals surface area contributed by atoms with Crippen LogP contribution >= 0.6 is 23.5 Å². The molecule has 0 radical (unpaired) electrons. The Kier molecular flexibility index (Phi) is 5.63. The second kappa shape index (κ2) is 8.10. The first kappa shape index (κ1) is 21.5. The number of hydrogen-bond donors (Lipinski definition) is 1. The quantitative estimate of drug-likeness (QED) is 0.521. The smallest absolute Gasteiger partial charge is 0.283 e. The molecule has 0 aliphatic carbocycles. The van der Waals surface area contributed by atoms with Crippen molar-refractivity contribution in [3.63, 3.8) is 0 Å². The molecule has 31 heavy (non-hydrogen) atoms. The molecule has 0 bridgehead atoms. The number of nitrogens with zero attached hydrogens (tertiary/aromatic N) is 3. The molecule has 0 atom stereocenters. The highest BCUT2D eigenvalue weighted by Crippen LogP contribution is 2.32. The number of halogens is 1. The molecular weight excluding hydrogens is 460 g/mol. The van der Waals surface area contributed by atoms with Gasteiger partial charge in [0.15, 0.2) is 0 Å². The number of hydrogen-bond acceptors (Lipinski definition) is 7. The van der Waals surface area contributed by atoms with Crippen molar-refractivity contribution in [3.05, 3.63) is 52.8 Å². The lowest BCUT2D eigenvalue weighted by atomic mass is 10.1. The number of sulfone groups is 1. The monoisotopic (exact) mass is 476 g/mol. The molecule has 0 saturated heterocycles. The van der Waals surface area contributed by atoms with Crippen molar-refractivity contribution in [2.75, 3.05) is 5.75 Å². The van der Waals surface area contributed by atoms with Gasteiger partial charge >= 0.3 is 0 Å². The number of carbonyl (C=O) groups excluding carboxylic acids is 1. The van der Waals surface area contributed by atoms with Crippen LogP contribution in [-0.2, 0) is 14.6 Å². The number of amides is 1. The molecule has 0 spiro atoms. The fourth-order valence-electron chi connectivity index (χ4n) is 3.09. The molecule has 0 fully saturated rings. The van der Waals surface area contributed by atoms with Gasteiger partial charge in [-0.15, -0.1) is 0 Å². The van der Waals surface area contributed by atoms with Gasteiger partial charge in [0, 0.05) is 5.56 Å². The number of amidine groups is 3. The first-order valence-corrected chi connectivity index (χ1v) is 12.0. The van der Waals surface area contributed by atoms with Crippen molar-refractivity contribution in [2.45, 2.75) is 13.8 Å². The Balaban J connectivity index is 1.68. The minimum atomic E-state index is -3.76. The minimum absolute atomic E-state index is 0.0469. The Labute approximate surface area is 188 Å². The summed E-state index contributed by atoms with van der Waals surface area (Å²) in [4.78, 5) is 17.5. The van der Waals surface area contributed by atoms with E-state index >= 15 is 0 Å². The van der Waals surface area contributed by atoms with Crippen LogP contribution in [-0.4, -0.2) is 41.1 Å². The summed E-state index contributed by atoms with van der Waals surface area (Å²) < 4.78 is 35.2. The van der Waals surface area contributed by atoms with Crippen LogP contribution in [0.25, 0.3) is 17.4 Å². The molecule has 0 saturated carbocycles. The maximum Gasteiger partial charge on any atom is 0.283 e. The number of carbonyl (C=O) groups is 1. The Morgan fingerprint density at radius 3 is 2.71 bits per heavy atom. The molecule has 1 aromatic carbocycles. The van der Waals surface area contributed by atoms with Gasteiger partial charge in [0.2, 0.25) is 20.2 Å². The zero-order chi connectivity index (χ0) is 22.3. The normalized spacial score (nSPS) is 17.9. The highest BCUT2D eigenvalue weighted by Gasteiger charge is 2.42. The average molecular weight is 477 g/mol. The summed E-state index contributed by atoms with van der Waals surface area (Å²) >= 11 is 6.97. The molecule has 8 nitrogen and oxygen atoms in total. The van der Waals surface area contributed by atoms with E-state index in [1.165, 1.54) is 6.08 Å². The van der Waals surface area contributed by atoms with E-state index in [2.05, 4.69) is 9.39 Å². The highest BCUT2D eigenvalue weighted by molar-refractivity contribution is 8.16. The van der Waals surface area contributed by atoms with Crippen molar-refractivity contribution in [3.8, 4) is 11.3 Å². The van der Waals surface area contributed by atoms with Gasteiger partial charge in [-0.25, -0.2) is 13.3 Å². The first-order valence-electron chi connectivity index (χ1n) is 9.23. The van der Waals surface area contributed by atoms with E-state index in [-0.39, 0.29) is 33.4 Å². The average Bonchev–Trinajstić information content (AvgIpc) is 3.32. The minimum Gasteiger partial charge on any atom is -0.457 e. The Morgan fingerprint density at radius 2 is 2.00 bits per heavy atom. The van der Waals surface area contributed by atoms with Crippen LogP contribution in [0.1, 0.15) is 19.6 Å². The second-order valence-electron chi connectivity index (χ2n) is 7.26. The van der Waals surface area contributed by atoms with Crippen LogP contribution in [0.3, 0.4) is 0 Å². The summed E-state index contributed by atoms with van der Waals surface area (Å²) in [6.45, 7) is 3.55. The summed E-state index contributed by atoms with van der Waals surface area (Å²) in [6.07, 6.45) is 1.36. The molecule has 3 heterocycles. The van der Waals surface area contributed by atoms with Gasteiger partial charge in [-0.3, -0.25) is 10.2 Å². The fraction of sp³-hybridized carbons (Fsp3) is 0.200. The lowest BCUT2D eigenvalue weighted by Gasteiger charge is -2.24. The van der Waals surface area contributed by atoms with Crippen LogP contribution in [0.4, 0.5) is 0 Å². The lowest BCUT2D eigenvalue weighted by Crippen LogP contribution is -2.46. The van der Waals surface area contributed by atoms with Gasteiger partial charge in [0.25, 0.3) is 5.91 Å². The van der Waals surface area contributed by atoms with Crippen molar-refractivity contribution in [2.24, 2.45) is 15.3 Å². The summed E-state index contributed by atoms with van der Waals surface area (Å²) in [7, 11) is -3.76. The molecule has 160 valence electrons. The van der Waals surface area contributed by atoms with Gasteiger partial charge in [-0.05, 0) is 36.3 Å². The van der Waals surface area contributed by atoms with E-state index in [9.17, 15) is 13.2 Å². The third kappa shape index (κ3) is 4.10. The third-order valence-electron chi connectivity index (χ3n) is 4.38. The van der Waals surface area contributed by atoms with Gasteiger partial charge in [-0.2, -0.15) is 9.39 Å². The van der Waals surface area contributed by atoms with Gasteiger partial charge in [0.1, 0.15) is 17.4 Å². The maximum absolute atomic E-state index is 12.7. The number of furan rings is 1. The number of fused-ring (bicyclic) bond motifs is 1. The molecular formula is C20H17ClN4O4S2. The number of aliphatic imine (C=N–C) groups is 1. The largest absolute Gasteiger partial charge is 0.457 e. The molecule has 1 aromatic heterocycles. The Bertz CT molecular complexity index is 1290. The topological polar surface area (TPSA) is 116 Å². The highest BCUT2D eigenvalue weighted by atomic mass is 35.5. The van der Waals surface area contributed by atoms with Gasteiger partial charge in [0.05, 0.1) is 28.3 Å². The van der Waals surface area contributed by atoms with Crippen LogP contribution < -0.4 is 0 Å². The lowest BCUT2D eigenvalue weighted by molar-refractivity contribution is -0.114. The van der Waals surface area contributed by atoms with E-state index in [1.807, 2.05) is 6.07 Å². The predicted molar refractivity (Wildman–Crippen MR) is 123 cm³/mol. The van der Waals surface area contributed by atoms with Crippen molar-refractivity contribution < 1.29 is 17.6 Å². The Morgan fingerprint density at radius 1 is 1.26 bits per heavy atom. The first-order chi connectivity index (χ1) is 14.7. The second-order valence-corrected chi connectivity index (χ2v) is 10.3. The van der Waals surface area contributed by atoms with E-state index < -0.39 is 15.7 Å². The summed E-state index contributed by atoms with van der Waals surface area (Å²) in [5.74, 6) is -0.443. The Hall–Kier alpha value is -2.69. The van der Waals surface area contributed by atoms with Crippen LogP contribution in [0.15, 0.2) is 55.8 Å². The summed E-state index contributed by atoms with van der Waals surface area (Å²) in [5.41, 5.74) is 0.586. The van der Waals surface area contributed by atoms with Crippen LogP contribution in [0.2, 0.25) is 5.02 Å². The molecule has 4 rings (SSSR count). The SMILES string of the molecule is CC(C)CS(=O)(=O)C1=NSC2=NC(=O)/C(=C\c3ccc(-c4ccccc4Cl)o3)C(=N)N21. The molecule has 1 N–H and O–H groups in total. The predicted octanol–water partition coefficient (Wildman–Crippen LogP) is 4.25. The van der Waals surface area contributed by atoms with E-state index in [4.69, 9.17) is 21.4 Å². The number of benzene rings is 1. The molecule has 2 aromatic rings. The van der Waals surface area contributed by atoms with Crippen LogP contribution in [0, 0.1) is 11.3 Å². The molecule has 11 heteroatoms. The molecule has 2 aliphatic rings. The van der Waals surface area contributed by atoms with Crippen molar-refractivity contribution in [1.82, 2.24) is 4.90 Å². The molecule has 2 aliphatic heterocycles. The third-order valence-corrected chi connectivity index (χ3v) is 7.46. The van der Waals surface area contributed by atoms with Crippen molar-refractivity contribution in [1.29, 1.82) is 5.41 Å². The van der Waals surface area contributed by atoms with Crippen LogP contribution in [0.5, 0.6) is 0 Å². The van der Waals surface area contributed by atoms with Gasteiger partial charge in [-0.1, -0.05) is 37.6 Å². The zero-order valence-corrected chi connectivity index (χ0v) is 18.9. The van der Waals surface area contributed by atoms with Gasteiger partial charge < -0.3 is 4.42 Å². The summed E-state index contributed by atoms with van der Waals surface area (Å²) in [5, 5.41) is 8.76. The van der Waals surface area contributed by atoms with Crippen molar-refractivity contribution >= 4 is 61.5 Å². The van der Waals surface area contributed by atoms with E-state index in [1.54, 1.807) is 44.2 Å². The maximum atomic E-state index is 12.7. The zero-order valence-electron chi connectivity index (χ0n) is 16.5. The standard InChI is InChI=1S/C20H17ClN4O4S2/c1-11(2)10-31(27,28)20-24-30-19-23-18(26)14(17(22)25(19)20)9-12-7-8-16(29-12)13-5-3-4-6-15(13)21/h3-9,11,22H,10H2,1-2H3/b14-9-,22-17?. The van der Waals surface area contributed by atoms with E-state index in [0.29, 0.717) is 22.1 Å².